The third kappa shape index (κ3) is 3.23. The number of primary sulfonamides is 1. The standard InChI is InChI=1S/C17H20N2O3S/c1-17(2)15(11-22-13-4-3-9-19-10-13)16(17)12-5-7-14(8-6-12)23(18,20)21/h3-10,15-16H,11H2,1-2H3,(H2,18,20,21)/t15-,16-/m0/s1. The van der Waals surface area contributed by atoms with Crippen LogP contribution < -0.4 is 9.88 Å². The SMILES string of the molecule is CC1(C)[C@@H](COc2cccnc2)[C@@H]1c1ccc(S(N)(=O)=O)cc1. The predicted molar refractivity (Wildman–Crippen MR) is 87.6 cm³/mol. The summed E-state index contributed by atoms with van der Waals surface area (Å²) >= 11 is 0. The molecule has 0 spiro atoms. The molecule has 0 amide bonds. The Morgan fingerprint density at radius 3 is 2.48 bits per heavy atom. The lowest BCUT2D eigenvalue weighted by Crippen LogP contribution is -2.11. The zero-order chi connectivity index (χ0) is 16.7. The van der Waals surface area contributed by atoms with Crippen LogP contribution in [0.5, 0.6) is 5.75 Å². The highest BCUT2D eigenvalue weighted by Gasteiger charge is 2.58. The van der Waals surface area contributed by atoms with Crippen molar-refractivity contribution in [3.8, 4) is 5.75 Å². The van der Waals surface area contributed by atoms with Crippen LogP contribution in [-0.4, -0.2) is 20.0 Å². The first kappa shape index (κ1) is 16.0. The molecular weight excluding hydrogens is 312 g/mol. The molecule has 1 aliphatic carbocycles. The van der Waals surface area contributed by atoms with E-state index in [0.29, 0.717) is 18.4 Å². The molecule has 0 aliphatic heterocycles. The first-order valence-corrected chi connectivity index (χ1v) is 9.00. The van der Waals surface area contributed by atoms with Gasteiger partial charge in [0.25, 0.3) is 0 Å². The Bertz CT molecular complexity index is 786. The highest BCUT2D eigenvalue weighted by molar-refractivity contribution is 7.89. The average Bonchev–Trinajstić information content (AvgIpc) is 3.06. The zero-order valence-electron chi connectivity index (χ0n) is 13.1. The number of rotatable bonds is 5. The molecular formula is C17H20N2O3S. The van der Waals surface area contributed by atoms with E-state index in [1.54, 1.807) is 24.5 Å². The Morgan fingerprint density at radius 1 is 1.22 bits per heavy atom. The Kier molecular flexibility index (Phi) is 3.90. The van der Waals surface area contributed by atoms with Crippen molar-refractivity contribution in [2.75, 3.05) is 6.61 Å². The zero-order valence-corrected chi connectivity index (χ0v) is 14.0. The molecule has 23 heavy (non-hydrogen) atoms. The van der Waals surface area contributed by atoms with E-state index in [9.17, 15) is 8.42 Å². The summed E-state index contributed by atoms with van der Waals surface area (Å²) in [6.45, 7) is 5.01. The summed E-state index contributed by atoms with van der Waals surface area (Å²) in [5, 5.41) is 5.14. The first-order chi connectivity index (χ1) is 10.8. The molecule has 1 aromatic carbocycles. The molecule has 0 saturated heterocycles. The van der Waals surface area contributed by atoms with Crippen LogP contribution in [0.3, 0.4) is 0 Å². The van der Waals surface area contributed by atoms with Crippen LogP contribution in [-0.2, 0) is 10.0 Å². The number of nitrogens with two attached hydrogens (primary N) is 1. The van der Waals surface area contributed by atoms with Crippen LogP contribution in [0.2, 0.25) is 0 Å². The molecule has 0 bridgehead atoms. The smallest absolute Gasteiger partial charge is 0.238 e. The van der Waals surface area contributed by atoms with Crippen LogP contribution in [0, 0.1) is 11.3 Å². The molecule has 6 heteroatoms. The number of hydrogen-bond acceptors (Lipinski definition) is 4. The van der Waals surface area contributed by atoms with Gasteiger partial charge in [0.1, 0.15) is 5.75 Å². The van der Waals surface area contributed by atoms with E-state index >= 15 is 0 Å². The minimum Gasteiger partial charge on any atom is -0.492 e. The van der Waals surface area contributed by atoms with Gasteiger partial charge in [-0.15, -0.1) is 0 Å². The molecule has 1 aliphatic rings. The van der Waals surface area contributed by atoms with E-state index in [0.717, 1.165) is 11.3 Å². The van der Waals surface area contributed by atoms with Crippen LogP contribution in [0.1, 0.15) is 25.3 Å². The lowest BCUT2D eigenvalue weighted by atomic mass is 10.0. The van der Waals surface area contributed by atoms with Gasteiger partial charge >= 0.3 is 0 Å². The van der Waals surface area contributed by atoms with Crippen molar-refractivity contribution >= 4 is 10.0 Å². The van der Waals surface area contributed by atoms with Crippen molar-refractivity contribution in [3.05, 3.63) is 54.4 Å². The molecule has 122 valence electrons. The molecule has 1 aromatic heterocycles. The largest absolute Gasteiger partial charge is 0.492 e. The summed E-state index contributed by atoms with van der Waals surface area (Å²) in [6.07, 6.45) is 3.41. The number of aromatic nitrogens is 1. The van der Waals surface area contributed by atoms with Crippen molar-refractivity contribution in [2.24, 2.45) is 16.5 Å². The fourth-order valence-corrected chi connectivity index (χ4v) is 3.72. The van der Waals surface area contributed by atoms with Crippen molar-refractivity contribution in [3.63, 3.8) is 0 Å². The van der Waals surface area contributed by atoms with Gasteiger partial charge in [-0.05, 0) is 41.2 Å². The maximum atomic E-state index is 11.3. The summed E-state index contributed by atoms with van der Waals surface area (Å²) in [5.41, 5.74) is 1.23. The van der Waals surface area contributed by atoms with Crippen molar-refractivity contribution in [1.82, 2.24) is 4.98 Å². The lowest BCUT2D eigenvalue weighted by molar-refractivity contribution is 0.278. The second-order valence-electron chi connectivity index (χ2n) is 6.52. The maximum Gasteiger partial charge on any atom is 0.238 e. The van der Waals surface area contributed by atoms with E-state index in [1.807, 2.05) is 24.3 Å². The third-order valence-electron chi connectivity index (χ3n) is 4.68. The fraction of sp³-hybridized carbons (Fsp3) is 0.353. The van der Waals surface area contributed by atoms with Gasteiger partial charge in [0.2, 0.25) is 10.0 Å². The van der Waals surface area contributed by atoms with Gasteiger partial charge < -0.3 is 4.74 Å². The number of benzene rings is 1. The van der Waals surface area contributed by atoms with Gasteiger partial charge in [0.05, 0.1) is 17.7 Å². The lowest BCUT2D eigenvalue weighted by Gasteiger charge is -2.06. The summed E-state index contributed by atoms with van der Waals surface area (Å²) in [4.78, 5) is 4.18. The van der Waals surface area contributed by atoms with Gasteiger partial charge in [-0.1, -0.05) is 26.0 Å². The average molecular weight is 332 g/mol. The Labute approximate surface area is 136 Å². The van der Waals surface area contributed by atoms with E-state index in [2.05, 4.69) is 18.8 Å². The quantitative estimate of drug-likeness (QED) is 0.912. The summed E-state index contributed by atoms with van der Waals surface area (Å²) in [5.74, 6) is 1.48. The van der Waals surface area contributed by atoms with Crippen LogP contribution >= 0.6 is 0 Å². The molecule has 3 rings (SSSR count). The number of nitrogens with zero attached hydrogens (tertiary/aromatic N) is 1. The summed E-state index contributed by atoms with van der Waals surface area (Å²) in [6, 6.07) is 10.6. The fourth-order valence-electron chi connectivity index (χ4n) is 3.20. The molecule has 1 heterocycles. The number of sulfonamides is 1. The van der Waals surface area contributed by atoms with E-state index in [4.69, 9.17) is 9.88 Å². The maximum absolute atomic E-state index is 11.3. The number of hydrogen-bond donors (Lipinski definition) is 1. The Morgan fingerprint density at radius 2 is 1.91 bits per heavy atom. The Balaban J connectivity index is 1.71. The normalized spacial score (nSPS) is 22.6. The van der Waals surface area contributed by atoms with Crippen molar-refractivity contribution < 1.29 is 13.2 Å². The second kappa shape index (κ2) is 5.62. The molecule has 0 unspecified atom stereocenters. The molecule has 1 saturated carbocycles. The molecule has 2 aromatic rings. The summed E-state index contributed by atoms with van der Waals surface area (Å²) in [7, 11) is -3.65. The van der Waals surface area contributed by atoms with Crippen LogP contribution in [0.15, 0.2) is 53.7 Å². The molecule has 2 N–H and O–H groups in total. The second-order valence-corrected chi connectivity index (χ2v) is 8.08. The van der Waals surface area contributed by atoms with Crippen molar-refractivity contribution in [2.45, 2.75) is 24.7 Å². The van der Waals surface area contributed by atoms with Gasteiger partial charge in [0, 0.05) is 12.1 Å². The Hall–Kier alpha value is -1.92. The molecule has 1 fully saturated rings. The topological polar surface area (TPSA) is 82.3 Å². The third-order valence-corrected chi connectivity index (χ3v) is 5.61. The molecule has 0 radical (unpaired) electrons. The summed E-state index contributed by atoms with van der Waals surface area (Å²) < 4.78 is 28.5. The van der Waals surface area contributed by atoms with Crippen molar-refractivity contribution in [1.29, 1.82) is 0 Å². The monoisotopic (exact) mass is 332 g/mol. The van der Waals surface area contributed by atoms with E-state index < -0.39 is 10.0 Å². The number of pyridine rings is 1. The molecule has 5 nitrogen and oxygen atoms in total. The van der Waals surface area contributed by atoms with Gasteiger partial charge in [0.15, 0.2) is 0 Å². The van der Waals surface area contributed by atoms with Gasteiger partial charge in [-0.2, -0.15) is 0 Å². The first-order valence-electron chi connectivity index (χ1n) is 7.46. The van der Waals surface area contributed by atoms with Gasteiger partial charge in [-0.25, -0.2) is 13.6 Å². The van der Waals surface area contributed by atoms with Crippen LogP contribution in [0.25, 0.3) is 0 Å². The van der Waals surface area contributed by atoms with E-state index in [1.165, 1.54) is 0 Å². The predicted octanol–water partition coefficient (Wildman–Crippen LogP) is 2.55. The highest BCUT2D eigenvalue weighted by atomic mass is 32.2. The molecule has 2 atom stereocenters. The number of ether oxygens (including phenoxy) is 1. The van der Waals surface area contributed by atoms with Crippen LogP contribution in [0.4, 0.5) is 0 Å². The van der Waals surface area contributed by atoms with E-state index in [-0.39, 0.29) is 10.3 Å². The van der Waals surface area contributed by atoms with Gasteiger partial charge in [-0.3, -0.25) is 4.98 Å². The minimum atomic E-state index is -3.65. The highest BCUT2D eigenvalue weighted by Crippen LogP contribution is 2.64. The minimum absolute atomic E-state index is 0.116.